The van der Waals surface area contributed by atoms with Gasteiger partial charge in [0.05, 0.1) is 4.32 Å². The molecule has 0 radical (unpaired) electrons. The first-order chi connectivity index (χ1) is 8.98. The Morgan fingerprint density at radius 1 is 1.32 bits per heavy atom. The third kappa shape index (κ3) is 3.60. The highest BCUT2D eigenvalue weighted by molar-refractivity contribution is 9.10. The second-order valence-corrected chi connectivity index (χ2v) is 7.13. The molecular weight excluding hydrogens is 304 g/mol. The molecule has 1 N–H and O–H groups in total. The zero-order chi connectivity index (χ0) is 13.9. The molecule has 1 heterocycles. The highest BCUT2D eigenvalue weighted by Gasteiger charge is 2.22. The molecule has 102 valence electrons. The van der Waals surface area contributed by atoms with Crippen LogP contribution in [0.1, 0.15) is 20.3 Å². The van der Waals surface area contributed by atoms with E-state index < -0.39 is 4.32 Å². The van der Waals surface area contributed by atoms with Crippen LogP contribution in [0.25, 0.3) is 10.9 Å². The minimum atomic E-state index is -0.493. The van der Waals surface area contributed by atoms with Gasteiger partial charge in [0.15, 0.2) is 0 Å². The summed E-state index contributed by atoms with van der Waals surface area (Å²) in [5, 5.41) is 4.19. The van der Waals surface area contributed by atoms with Crippen molar-refractivity contribution in [2.45, 2.75) is 31.1 Å². The zero-order valence-electron chi connectivity index (χ0n) is 11.3. The number of para-hydroxylation sites is 1. The van der Waals surface area contributed by atoms with E-state index in [1.54, 1.807) is 0 Å². The van der Waals surface area contributed by atoms with Gasteiger partial charge in [-0.1, -0.05) is 34.1 Å². The van der Waals surface area contributed by atoms with Gasteiger partial charge in [0.1, 0.15) is 0 Å². The fourth-order valence-corrected chi connectivity index (χ4v) is 2.14. The summed E-state index contributed by atoms with van der Waals surface area (Å²) in [6, 6.07) is 10.4. The molecule has 0 fully saturated rings. The molecule has 0 saturated heterocycles. The number of alkyl halides is 1. The van der Waals surface area contributed by atoms with Gasteiger partial charge in [-0.2, -0.15) is 0 Å². The zero-order valence-corrected chi connectivity index (χ0v) is 12.9. The summed E-state index contributed by atoms with van der Waals surface area (Å²) in [6.45, 7) is 5.31. The lowest BCUT2D eigenvalue weighted by Crippen LogP contribution is -2.38. The molecule has 0 unspecified atom stereocenters. The lowest BCUT2D eigenvalue weighted by Gasteiger charge is -2.15. The number of carbonyl (C=O) groups excluding carboxylic acids is 1. The first-order valence-corrected chi connectivity index (χ1v) is 7.29. The number of benzene rings is 1. The van der Waals surface area contributed by atoms with Crippen molar-refractivity contribution in [3.05, 3.63) is 36.5 Å². The van der Waals surface area contributed by atoms with Crippen molar-refractivity contribution in [2.24, 2.45) is 0 Å². The lowest BCUT2D eigenvalue weighted by atomic mass is 10.2. The molecule has 0 aliphatic heterocycles. The summed E-state index contributed by atoms with van der Waals surface area (Å²) in [5.41, 5.74) is 1.25. The first-order valence-electron chi connectivity index (χ1n) is 6.49. The van der Waals surface area contributed by atoms with Gasteiger partial charge < -0.3 is 9.88 Å². The minimum absolute atomic E-state index is 0.0323. The number of hydrogen-bond donors (Lipinski definition) is 1. The molecule has 2 rings (SSSR count). The van der Waals surface area contributed by atoms with Gasteiger partial charge >= 0.3 is 0 Å². The smallest absolute Gasteiger partial charge is 0.236 e. The van der Waals surface area contributed by atoms with E-state index in [2.05, 4.69) is 50.2 Å². The predicted octanol–water partition coefficient (Wildman–Crippen LogP) is 3.32. The van der Waals surface area contributed by atoms with Crippen LogP contribution in [-0.2, 0) is 11.3 Å². The number of nitrogens with one attached hydrogen (secondary N) is 1. The molecule has 0 aliphatic carbocycles. The van der Waals surface area contributed by atoms with Gasteiger partial charge in [-0.25, -0.2) is 0 Å². The largest absolute Gasteiger partial charge is 0.355 e. The second kappa shape index (κ2) is 5.78. The van der Waals surface area contributed by atoms with Gasteiger partial charge in [-0.05, 0) is 37.8 Å². The Kier molecular flexibility index (Phi) is 4.30. The van der Waals surface area contributed by atoms with E-state index in [0.29, 0.717) is 6.54 Å². The predicted molar refractivity (Wildman–Crippen MR) is 82.6 cm³/mol. The Bertz CT molecular complexity index is 569. The number of hydrogen-bond acceptors (Lipinski definition) is 1. The summed E-state index contributed by atoms with van der Waals surface area (Å²) >= 11 is 3.35. The fraction of sp³-hybridized carbons (Fsp3) is 0.400. The van der Waals surface area contributed by atoms with Gasteiger partial charge in [0.2, 0.25) is 5.91 Å². The van der Waals surface area contributed by atoms with Crippen LogP contribution in [0.15, 0.2) is 36.5 Å². The van der Waals surface area contributed by atoms with Crippen LogP contribution < -0.4 is 5.32 Å². The molecule has 1 aromatic heterocycles. The van der Waals surface area contributed by atoms with Crippen LogP contribution in [0.3, 0.4) is 0 Å². The highest BCUT2D eigenvalue weighted by Crippen LogP contribution is 2.16. The Balaban J connectivity index is 1.85. The molecule has 0 aliphatic rings. The average Bonchev–Trinajstić information content (AvgIpc) is 2.76. The van der Waals surface area contributed by atoms with Crippen molar-refractivity contribution in [2.75, 3.05) is 6.54 Å². The van der Waals surface area contributed by atoms with E-state index in [1.807, 2.05) is 26.0 Å². The number of aryl methyl sites for hydroxylation is 1. The van der Waals surface area contributed by atoms with Gasteiger partial charge in [0, 0.05) is 24.8 Å². The molecule has 0 atom stereocenters. The maximum absolute atomic E-state index is 11.7. The number of aromatic nitrogens is 1. The van der Waals surface area contributed by atoms with Crippen molar-refractivity contribution >= 4 is 32.7 Å². The summed E-state index contributed by atoms with van der Waals surface area (Å²) in [6.07, 6.45) is 3.02. The van der Waals surface area contributed by atoms with Gasteiger partial charge in [-0.15, -0.1) is 0 Å². The van der Waals surface area contributed by atoms with Crippen LogP contribution >= 0.6 is 15.9 Å². The monoisotopic (exact) mass is 322 g/mol. The Labute approximate surface area is 122 Å². The molecule has 1 amide bonds. The topological polar surface area (TPSA) is 34.0 Å². The van der Waals surface area contributed by atoms with Crippen molar-refractivity contribution in [1.82, 2.24) is 9.88 Å². The van der Waals surface area contributed by atoms with Crippen LogP contribution in [-0.4, -0.2) is 21.3 Å². The van der Waals surface area contributed by atoms with Gasteiger partial charge in [-0.3, -0.25) is 4.79 Å². The molecule has 2 aromatic rings. The number of fused-ring (bicyclic) bond motifs is 1. The highest BCUT2D eigenvalue weighted by atomic mass is 79.9. The van der Waals surface area contributed by atoms with E-state index in [-0.39, 0.29) is 5.91 Å². The summed E-state index contributed by atoms with van der Waals surface area (Å²) in [5.74, 6) is 0.0323. The van der Waals surface area contributed by atoms with E-state index >= 15 is 0 Å². The van der Waals surface area contributed by atoms with Crippen molar-refractivity contribution in [1.29, 1.82) is 0 Å². The molecule has 0 spiro atoms. The third-order valence-electron chi connectivity index (χ3n) is 3.08. The van der Waals surface area contributed by atoms with Crippen molar-refractivity contribution < 1.29 is 4.79 Å². The van der Waals surface area contributed by atoms with E-state index in [1.165, 1.54) is 10.9 Å². The van der Waals surface area contributed by atoms with Crippen molar-refractivity contribution in [3.63, 3.8) is 0 Å². The van der Waals surface area contributed by atoms with Crippen LogP contribution in [0.5, 0.6) is 0 Å². The summed E-state index contributed by atoms with van der Waals surface area (Å²) < 4.78 is 1.73. The number of halogens is 1. The molecule has 19 heavy (non-hydrogen) atoms. The normalized spacial score (nSPS) is 11.7. The molecule has 0 saturated carbocycles. The summed E-state index contributed by atoms with van der Waals surface area (Å²) in [7, 11) is 0. The van der Waals surface area contributed by atoms with E-state index in [0.717, 1.165) is 13.0 Å². The molecule has 1 aromatic carbocycles. The Morgan fingerprint density at radius 2 is 2.05 bits per heavy atom. The molecule has 0 bridgehead atoms. The maximum atomic E-state index is 11.7. The Hall–Kier alpha value is -1.29. The summed E-state index contributed by atoms with van der Waals surface area (Å²) in [4.78, 5) is 11.7. The van der Waals surface area contributed by atoms with Gasteiger partial charge in [0.25, 0.3) is 0 Å². The van der Waals surface area contributed by atoms with Crippen LogP contribution in [0, 0.1) is 0 Å². The first kappa shape index (κ1) is 14.1. The molecule has 3 nitrogen and oxygen atoms in total. The van der Waals surface area contributed by atoms with E-state index in [9.17, 15) is 4.79 Å². The maximum Gasteiger partial charge on any atom is 0.236 e. The van der Waals surface area contributed by atoms with Crippen molar-refractivity contribution in [3.8, 4) is 0 Å². The van der Waals surface area contributed by atoms with Crippen LogP contribution in [0.2, 0.25) is 0 Å². The standard InChI is InChI=1S/C15H19BrN2O/c1-15(2,16)14(19)17-9-5-10-18-11-8-12-6-3-4-7-13(12)18/h3-4,6-8,11H,5,9-10H2,1-2H3,(H,17,19). The molecule has 4 heteroatoms. The van der Waals surface area contributed by atoms with Crippen LogP contribution in [0.4, 0.5) is 0 Å². The number of amides is 1. The quantitative estimate of drug-likeness (QED) is 0.665. The number of rotatable bonds is 5. The third-order valence-corrected chi connectivity index (χ3v) is 3.44. The van der Waals surface area contributed by atoms with E-state index in [4.69, 9.17) is 0 Å². The average molecular weight is 323 g/mol. The lowest BCUT2D eigenvalue weighted by molar-refractivity contribution is -0.122. The number of carbonyl (C=O) groups is 1. The minimum Gasteiger partial charge on any atom is -0.355 e. The fourth-order valence-electron chi connectivity index (χ4n) is 2.00. The Morgan fingerprint density at radius 3 is 2.79 bits per heavy atom. The molecular formula is C15H19BrN2O. The second-order valence-electron chi connectivity index (χ2n) is 5.15. The number of nitrogens with zero attached hydrogens (tertiary/aromatic N) is 1. The SMILES string of the molecule is CC(C)(Br)C(=O)NCCCn1ccc2ccccc21.